The molecule has 0 aliphatic heterocycles. The molecule has 2 nitrogen and oxygen atoms in total. The van der Waals surface area contributed by atoms with Crippen LogP contribution < -0.4 is 0 Å². The Morgan fingerprint density at radius 2 is 2.14 bits per heavy atom. The number of aryl methyl sites for hydroxylation is 1. The summed E-state index contributed by atoms with van der Waals surface area (Å²) in [6, 6.07) is 4.84. The van der Waals surface area contributed by atoms with Gasteiger partial charge >= 0.3 is 5.97 Å². The number of carbonyl (C=O) groups is 1. The van der Waals surface area contributed by atoms with Crippen LogP contribution in [-0.2, 0) is 9.53 Å². The number of unbranched alkanes of at least 4 members (excludes halogenated alkanes) is 1. The number of hydrogen-bond acceptors (Lipinski definition) is 3. The summed E-state index contributed by atoms with van der Waals surface area (Å²) in [6.07, 6.45) is 4.48. The van der Waals surface area contributed by atoms with E-state index in [1.165, 1.54) is 6.07 Å². The molecule has 4 heteroatoms. The van der Waals surface area contributed by atoms with Crippen LogP contribution in [0.4, 0.5) is 4.39 Å². The van der Waals surface area contributed by atoms with Gasteiger partial charge in [-0.05, 0) is 55.3 Å². The van der Waals surface area contributed by atoms with Gasteiger partial charge in [-0.2, -0.15) is 0 Å². The lowest BCUT2D eigenvalue weighted by Crippen LogP contribution is -2.01. The second-order valence-corrected chi connectivity index (χ2v) is 6.27. The van der Waals surface area contributed by atoms with Gasteiger partial charge in [0.2, 0.25) is 0 Å². The zero-order valence-electron chi connectivity index (χ0n) is 13.2. The molecule has 0 bridgehead atoms. The fraction of sp³-hybridized carbons (Fsp3) is 0.389. The van der Waals surface area contributed by atoms with E-state index in [4.69, 9.17) is 4.74 Å². The summed E-state index contributed by atoms with van der Waals surface area (Å²) in [4.78, 5) is 12.9. The first kappa shape index (κ1) is 16.7. The maximum atomic E-state index is 13.4. The lowest BCUT2D eigenvalue weighted by atomic mass is 10.0. The largest absolute Gasteiger partial charge is 0.463 e. The second kappa shape index (κ2) is 7.54. The van der Waals surface area contributed by atoms with Gasteiger partial charge in [-0.25, -0.2) is 9.18 Å². The average molecular weight is 320 g/mol. The lowest BCUT2D eigenvalue weighted by molar-refractivity contribution is -0.137. The van der Waals surface area contributed by atoms with Crippen molar-refractivity contribution in [3.8, 4) is 0 Å². The molecule has 0 amide bonds. The summed E-state index contributed by atoms with van der Waals surface area (Å²) < 4.78 is 19.4. The van der Waals surface area contributed by atoms with Crippen molar-refractivity contribution < 1.29 is 13.9 Å². The van der Waals surface area contributed by atoms with Gasteiger partial charge in [0.1, 0.15) is 5.82 Å². The lowest BCUT2D eigenvalue weighted by Gasteiger charge is -2.06. The topological polar surface area (TPSA) is 26.3 Å². The Morgan fingerprint density at radius 3 is 2.82 bits per heavy atom. The molecule has 0 spiro atoms. The third-order valence-corrected chi connectivity index (χ3v) is 4.90. The molecule has 1 aromatic heterocycles. The van der Waals surface area contributed by atoms with Crippen LogP contribution in [0.1, 0.15) is 43.6 Å². The number of hydrogen-bond donors (Lipinski definition) is 0. The number of benzene rings is 1. The third-order valence-electron chi connectivity index (χ3n) is 3.57. The van der Waals surface area contributed by atoms with Crippen molar-refractivity contribution in [3.63, 3.8) is 0 Å². The third kappa shape index (κ3) is 3.74. The molecule has 0 aliphatic rings. The van der Waals surface area contributed by atoms with Crippen LogP contribution in [0.5, 0.6) is 0 Å². The highest BCUT2D eigenvalue weighted by atomic mass is 32.1. The van der Waals surface area contributed by atoms with E-state index in [1.807, 2.05) is 13.0 Å². The van der Waals surface area contributed by atoms with E-state index in [-0.39, 0.29) is 11.8 Å². The van der Waals surface area contributed by atoms with Crippen LogP contribution in [0.3, 0.4) is 0 Å². The van der Waals surface area contributed by atoms with Gasteiger partial charge in [0.05, 0.1) is 6.61 Å². The highest BCUT2D eigenvalue weighted by Gasteiger charge is 2.14. The van der Waals surface area contributed by atoms with Crippen molar-refractivity contribution in [2.75, 3.05) is 6.61 Å². The van der Waals surface area contributed by atoms with Crippen molar-refractivity contribution in [3.05, 3.63) is 40.5 Å². The molecule has 0 fully saturated rings. The summed E-state index contributed by atoms with van der Waals surface area (Å²) in [5, 5.41) is 1.05. The smallest absolute Gasteiger partial charge is 0.331 e. The maximum absolute atomic E-state index is 13.4. The van der Waals surface area contributed by atoms with Gasteiger partial charge in [-0.1, -0.05) is 19.4 Å². The first-order valence-corrected chi connectivity index (χ1v) is 8.44. The summed E-state index contributed by atoms with van der Waals surface area (Å²) in [7, 11) is 0. The quantitative estimate of drug-likeness (QED) is 0.520. The average Bonchev–Trinajstić information content (AvgIpc) is 2.80. The Hall–Kier alpha value is -1.68. The van der Waals surface area contributed by atoms with Crippen LogP contribution in [0.25, 0.3) is 15.7 Å². The summed E-state index contributed by atoms with van der Waals surface area (Å²) in [5.41, 5.74) is 2.09. The fourth-order valence-electron chi connectivity index (χ4n) is 2.45. The van der Waals surface area contributed by atoms with E-state index >= 15 is 0 Å². The SMILES string of the molecule is CCCC/C(=C\C(=O)OCC)c1sc2cc(F)ccc2c1C. The van der Waals surface area contributed by atoms with Crippen LogP contribution >= 0.6 is 11.3 Å². The van der Waals surface area contributed by atoms with Crippen molar-refractivity contribution in [2.24, 2.45) is 0 Å². The molecule has 1 aromatic carbocycles. The van der Waals surface area contributed by atoms with Crippen molar-refractivity contribution >= 4 is 33.0 Å². The number of thiophene rings is 1. The van der Waals surface area contributed by atoms with E-state index in [2.05, 4.69) is 6.92 Å². The van der Waals surface area contributed by atoms with Crippen molar-refractivity contribution in [1.29, 1.82) is 0 Å². The zero-order chi connectivity index (χ0) is 16.1. The number of esters is 1. The normalized spacial score (nSPS) is 11.9. The van der Waals surface area contributed by atoms with Crippen LogP contribution in [-0.4, -0.2) is 12.6 Å². The zero-order valence-corrected chi connectivity index (χ0v) is 14.1. The first-order valence-electron chi connectivity index (χ1n) is 7.63. The molecule has 2 aromatic rings. The standard InChI is InChI=1S/C18H21FO2S/c1-4-6-7-13(10-17(20)21-5-2)18-12(3)15-9-8-14(19)11-16(15)22-18/h8-11H,4-7H2,1-3H3/b13-10+. The van der Waals surface area contributed by atoms with Gasteiger partial charge in [-0.3, -0.25) is 0 Å². The number of allylic oxidation sites excluding steroid dienone is 1. The fourth-order valence-corrected chi connectivity index (χ4v) is 3.73. The first-order chi connectivity index (χ1) is 10.6. The highest BCUT2D eigenvalue weighted by Crippen LogP contribution is 2.37. The van der Waals surface area contributed by atoms with Gasteiger partial charge in [-0.15, -0.1) is 11.3 Å². The number of ether oxygens (including phenoxy) is 1. The monoisotopic (exact) mass is 320 g/mol. The van der Waals surface area contributed by atoms with Crippen molar-refractivity contribution in [1.82, 2.24) is 0 Å². The number of halogens is 1. The van der Waals surface area contributed by atoms with Gasteiger partial charge in [0.15, 0.2) is 0 Å². The molecule has 0 saturated heterocycles. The number of carbonyl (C=O) groups excluding carboxylic acids is 1. The van der Waals surface area contributed by atoms with Crippen LogP contribution in [0.2, 0.25) is 0 Å². The van der Waals surface area contributed by atoms with E-state index in [9.17, 15) is 9.18 Å². The number of rotatable bonds is 6. The van der Waals surface area contributed by atoms with E-state index in [1.54, 1.807) is 30.4 Å². The molecule has 118 valence electrons. The molecule has 0 radical (unpaired) electrons. The van der Waals surface area contributed by atoms with Crippen molar-refractivity contribution in [2.45, 2.75) is 40.0 Å². The molecule has 0 aliphatic carbocycles. The minimum Gasteiger partial charge on any atom is -0.463 e. The number of fused-ring (bicyclic) bond motifs is 1. The predicted octanol–water partition coefficient (Wildman–Crippen LogP) is 5.49. The minimum absolute atomic E-state index is 0.232. The van der Waals surface area contributed by atoms with E-state index in [0.29, 0.717) is 6.61 Å². The minimum atomic E-state index is -0.309. The molecule has 0 atom stereocenters. The summed E-state index contributed by atoms with van der Waals surface area (Å²) in [6.45, 7) is 6.31. The predicted molar refractivity (Wildman–Crippen MR) is 90.7 cm³/mol. The molecule has 2 rings (SSSR count). The van der Waals surface area contributed by atoms with E-state index in [0.717, 1.165) is 45.4 Å². The van der Waals surface area contributed by atoms with Gasteiger partial charge in [0, 0.05) is 15.7 Å². The summed E-state index contributed by atoms with van der Waals surface area (Å²) >= 11 is 1.54. The van der Waals surface area contributed by atoms with Gasteiger partial charge in [0.25, 0.3) is 0 Å². The Bertz CT molecular complexity index is 700. The maximum Gasteiger partial charge on any atom is 0.331 e. The van der Waals surface area contributed by atoms with Gasteiger partial charge < -0.3 is 4.74 Å². The van der Waals surface area contributed by atoms with Crippen LogP contribution in [0.15, 0.2) is 24.3 Å². The Morgan fingerprint density at radius 1 is 1.36 bits per heavy atom. The molecule has 1 heterocycles. The molecule has 0 N–H and O–H groups in total. The molecule has 0 unspecified atom stereocenters. The van der Waals surface area contributed by atoms with E-state index < -0.39 is 0 Å². The second-order valence-electron chi connectivity index (χ2n) is 5.22. The molecular formula is C18H21FO2S. The molecule has 0 saturated carbocycles. The molecule has 22 heavy (non-hydrogen) atoms. The van der Waals surface area contributed by atoms with Crippen LogP contribution in [0, 0.1) is 12.7 Å². The Balaban J connectivity index is 2.46. The summed E-state index contributed by atoms with van der Waals surface area (Å²) in [5.74, 6) is -0.540. The Kier molecular flexibility index (Phi) is 5.72. The highest BCUT2D eigenvalue weighted by molar-refractivity contribution is 7.20. The molecular weight excluding hydrogens is 299 g/mol. The Labute approximate surface area is 134 Å².